The van der Waals surface area contributed by atoms with Crippen molar-refractivity contribution in [3.8, 4) is 5.75 Å². The molecule has 1 aromatic rings. The summed E-state index contributed by atoms with van der Waals surface area (Å²) < 4.78 is 15.6. The summed E-state index contributed by atoms with van der Waals surface area (Å²) in [6.45, 7) is -0.399. The van der Waals surface area contributed by atoms with Crippen LogP contribution < -0.4 is 10.1 Å². The maximum absolute atomic E-state index is 12.6. The molecule has 8 heteroatoms. The van der Waals surface area contributed by atoms with Crippen molar-refractivity contribution in [2.24, 2.45) is 0 Å². The molecule has 1 amide bonds. The average Bonchev–Trinajstić information content (AvgIpc) is 2.27. The number of aliphatic hydroxyl groups is 1. The Labute approximate surface area is 118 Å². The van der Waals surface area contributed by atoms with Crippen LogP contribution in [-0.2, 0) is 4.79 Å². The van der Waals surface area contributed by atoms with Gasteiger partial charge >= 0.3 is 0 Å². The summed E-state index contributed by atoms with van der Waals surface area (Å²) in [4.78, 5) is 11.3. The predicted octanol–water partition coefficient (Wildman–Crippen LogP) is 2.01. The standard InChI is InChI=1S/C10H9Cl3FNO3/c11-10(12,13)9(17)15-8(16)5-18-7-3-1-6(14)2-4-7/h1-4,9,17H,5H2,(H,15,16)/t9-/m0/s1. The molecule has 1 aromatic carbocycles. The van der Waals surface area contributed by atoms with Crippen LogP contribution in [0.25, 0.3) is 0 Å². The summed E-state index contributed by atoms with van der Waals surface area (Å²) >= 11 is 16.0. The molecule has 18 heavy (non-hydrogen) atoms. The van der Waals surface area contributed by atoms with Crippen LogP contribution in [0.5, 0.6) is 5.75 Å². The summed E-state index contributed by atoms with van der Waals surface area (Å²) in [6, 6.07) is 5.08. The molecular weight excluding hydrogens is 307 g/mol. The Bertz CT molecular complexity index is 408. The van der Waals surface area contributed by atoms with Crippen molar-refractivity contribution in [1.29, 1.82) is 0 Å². The zero-order valence-corrected chi connectivity index (χ0v) is 11.1. The molecule has 0 unspecified atom stereocenters. The van der Waals surface area contributed by atoms with Crippen molar-refractivity contribution in [1.82, 2.24) is 5.32 Å². The van der Waals surface area contributed by atoms with E-state index in [1.54, 1.807) is 0 Å². The zero-order chi connectivity index (χ0) is 13.8. The molecule has 1 rings (SSSR count). The van der Waals surface area contributed by atoms with Gasteiger partial charge in [0.1, 0.15) is 11.6 Å². The monoisotopic (exact) mass is 315 g/mol. The lowest BCUT2D eigenvalue weighted by molar-refractivity contribution is -0.126. The number of carbonyl (C=O) groups is 1. The summed E-state index contributed by atoms with van der Waals surface area (Å²) in [5, 5.41) is 11.3. The van der Waals surface area contributed by atoms with Gasteiger partial charge in [0.15, 0.2) is 12.8 Å². The number of ether oxygens (including phenoxy) is 1. The number of nitrogens with one attached hydrogen (secondary N) is 1. The number of hydrogen-bond donors (Lipinski definition) is 2. The maximum Gasteiger partial charge on any atom is 0.260 e. The van der Waals surface area contributed by atoms with Crippen LogP contribution >= 0.6 is 34.8 Å². The van der Waals surface area contributed by atoms with Gasteiger partial charge in [-0.3, -0.25) is 4.79 Å². The quantitative estimate of drug-likeness (QED) is 0.660. The van der Waals surface area contributed by atoms with Gasteiger partial charge in [-0.1, -0.05) is 34.8 Å². The summed E-state index contributed by atoms with van der Waals surface area (Å²) in [6.07, 6.45) is -1.65. The molecule has 0 spiro atoms. The van der Waals surface area contributed by atoms with Crippen molar-refractivity contribution in [2.45, 2.75) is 10.0 Å². The van der Waals surface area contributed by atoms with Crippen LogP contribution in [0.3, 0.4) is 0 Å². The Hall–Kier alpha value is -0.750. The minimum absolute atomic E-state index is 0.301. The second kappa shape index (κ2) is 6.43. The van der Waals surface area contributed by atoms with Gasteiger partial charge in [-0.2, -0.15) is 0 Å². The SMILES string of the molecule is O=C(COc1ccc(F)cc1)N[C@@H](O)C(Cl)(Cl)Cl. The first-order valence-electron chi connectivity index (χ1n) is 4.71. The Kier molecular flexibility index (Phi) is 5.47. The van der Waals surface area contributed by atoms with Crippen LogP contribution in [0.4, 0.5) is 4.39 Å². The van der Waals surface area contributed by atoms with Gasteiger partial charge in [-0.05, 0) is 24.3 Å². The van der Waals surface area contributed by atoms with Crippen molar-refractivity contribution >= 4 is 40.7 Å². The number of benzene rings is 1. The maximum atomic E-state index is 12.6. The van der Waals surface area contributed by atoms with Gasteiger partial charge in [-0.25, -0.2) is 4.39 Å². The fourth-order valence-corrected chi connectivity index (χ4v) is 1.12. The zero-order valence-electron chi connectivity index (χ0n) is 8.87. The van der Waals surface area contributed by atoms with E-state index in [1.165, 1.54) is 24.3 Å². The van der Waals surface area contributed by atoms with E-state index in [0.29, 0.717) is 5.75 Å². The van der Waals surface area contributed by atoms with Gasteiger partial charge in [0.2, 0.25) is 3.79 Å². The number of carbonyl (C=O) groups excluding carboxylic acids is 1. The molecule has 0 aliphatic heterocycles. The van der Waals surface area contributed by atoms with Crippen molar-refractivity contribution < 1.29 is 19.0 Å². The first kappa shape index (κ1) is 15.3. The third kappa shape index (κ3) is 5.27. The summed E-state index contributed by atoms with van der Waals surface area (Å²) in [5.41, 5.74) is 0. The second-order valence-electron chi connectivity index (χ2n) is 3.25. The van der Waals surface area contributed by atoms with Gasteiger partial charge in [0.05, 0.1) is 0 Å². The minimum Gasteiger partial charge on any atom is -0.484 e. The topological polar surface area (TPSA) is 58.6 Å². The lowest BCUT2D eigenvalue weighted by atomic mass is 10.3. The highest BCUT2D eigenvalue weighted by molar-refractivity contribution is 6.68. The molecule has 0 fully saturated rings. The van der Waals surface area contributed by atoms with Gasteiger partial charge < -0.3 is 15.2 Å². The molecule has 2 N–H and O–H groups in total. The van der Waals surface area contributed by atoms with Gasteiger partial charge in [-0.15, -0.1) is 0 Å². The molecule has 0 radical (unpaired) electrons. The van der Waals surface area contributed by atoms with Crippen LogP contribution in [0, 0.1) is 5.82 Å². The molecular formula is C10H9Cl3FNO3. The fourth-order valence-electron chi connectivity index (χ4n) is 0.956. The van der Waals surface area contributed by atoms with Crippen LogP contribution in [0.1, 0.15) is 0 Å². The Balaban J connectivity index is 2.40. The number of aliphatic hydroxyl groups excluding tert-OH is 1. The number of amides is 1. The normalized spacial score (nSPS) is 12.9. The van der Waals surface area contributed by atoms with E-state index in [-0.39, 0.29) is 0 Å². The largest absolute Gasteiger partial charge is 0.484 e. The van der Waals surface area contributed by atoms with E-state index in [0.717, 1.165) is 0 Å². The fraction of sp³-hybridized carbons (Fsp3) is 0.300. The first-order valence-corrected chi connectivity index (χ1v) is 5.85. The summed E-state index contributed by atoms with van der Waals surface area (Å²) in [5.74, 6) is -0.800. The van der Waals surface area contributed by atoms with Crippen LogP contribution in [-0.4, -0.2) is 27.6 Å². The molecule has 0 heterocycles. The lowest BCUT2D eigenvalue weighted by Crippen LogP contribution is -2.45. The first-order chi connectivity index (χ1) is 8.29. The van der Waals surface area contributed by atoms with Gasteiger partial charge in [0, 0.05) is 0 Å². The average molecular weight is 317 g/mol. The van der Waals surface area contributed by atoms with E-state index in [4.69, 9.17) is 39.5 Å². The Morgan fingerprint density at radius 3 is 2.44 bits per heavy atom. The molecule has 1 atom stereocenters. The number of halogens is 4. The van der Waals surface area contributed by atoms with Crippen LogP contribution in [0.2, 0.25) is 0 Å². The van der Waals surface area contributed by atoms with E-state index < -0.39 is 28.4 Å². The third-order valence-electron chi connectivity index (χ3n) is 1.79. The highest BCUT2D eigenvalue weighted by Crippen LogP contribution is 2.28. The predicted molar refractivity (Wildman–Crippen MR) is 66.3 cm³/mol. The Morgan fingerprint density at radius 1 is 1.39 bits per heavy atom. The number of hydrogen-bond acceptors (Lipinski definition) is 3. The number of alkyl halides is 3. The van der Waals surface area contributed by atoms with Crippen molar-refractivity contribution in [3.05, 3.63) is 30.1 Å². The summed E-state index contributed by atoms with van der Waals surface area (Å²) in [7, 11) is 0. The molecule has 4 nitrogen and oxygen atoms in total. The third-order valence-corrected chi connectivity index (χ3v) is 2.41. The smallest absolute Gasteiger partial charge is 0.260 e. The molecule has 0 saturated heterocycles. The van der Waals surface area contributed by atoms with E-state index in [9.17, 15) is 14.3 Å². The Morgan fingerprint density at radius 2 is 1.94 bits per heavy atom. The van der Waals surface area contributed by atoms with Crippen molar-refractivity contribution in [3.63, 3.8) is 0 Å². The van der Waals surface area contributed by atoms with Crippen LogP contribution in [0.15, 0.2) is 24.3 Å². The highest BCUT2D eigenvalue weighted by Gasteiger charge is 2.32. The lowest BCUT2D eigenvalue weighted by Gasteiger charge is -2.19. The molecule has 0 aliphatic rings. The second-order valence-corrected chi connectivity index (χ2v) is 5.62. The molecule has 100 valence electrons. The van der Waals surface area contributed by atoms with E-state index in [1.807, 2.05) is 5.32 Å². The molecule has 0 bridgehead atoms. The molecule has 0 aromatic heterocycles. The molecule has 0 aliphatic carbocycles. The highest BCUT2D eigenvalue weighted by atomic mass is 35.6. The minimum atomic E-state index is -2.02. The van der Waals surface area contributed by atoms with Crippen molar-refractivity contribution in [2.75, 3.05) is 6.61 Å². The number of rotatable bonds is 4. The molecule has 0 saturated carbocycles. The van der Waals surface area contributed by atoms with E-state index in [2.05, 4.69) is 0 Å². The van der Waals surface area contributed by atoms with E-state index >= 15 is 0 Å². The van der Waals surface area contributed by atoms with Gasteiger partial charge in [0.25, 0.3) is 5.91 Å².